The molecule has 2 nitrogen and oxygen atoms in total. The van der Waals surface area contributed by atoms with E-state index >= 15 is 0 Å². The van der Waals surface area contributed by atoms with Crippen molar-refractivity contribution < 1.29 is 10.2 Å². The molecule has 0 aromatic heterocycles. The molecular weight excluding hydrogens is 188 g/mol. The van der Waals surface area contributed by atoms with Gasteiger partial charge in [-0.3, -0.25) is 0 Å². The molecule has 0 saturated carbocycles. The van der Waals surface area contributed by atoms with Gasteiger partial charge in [-0.05, 0) is 26.3 Å². The minimum Gasteiger partial charge on any atom is -0.390 e. The first-order valence-electron chi connectivity index (χ1n) is 5.27. The largest absolute Gasteiger partial charge is 0.390 e. The van der Waals surface area contributed by atoms with Crippen molar-refractivity contribution in [3.05, 3.63) is 35.9 Å². The summed E-state index contributed by atoms with van der Waals surface area (Å²) < 4.78 is 0. The lowest BCUT2D eigenvalue weighted by Gasteiger charge is -2.30. The van der Waals surface area contributed by atoms with Gasteiger partial charge in [0.15, 0.2) is 0 Å². The molecule has 0 aliphatic heterocycles. The normalized spacial score (nSPS) is 16.1. The Kier molecular flexibility index (Phi) is 3.53. The third-order valence-corrected chi connectivity index (χ3v) is 2.24. The molecule has 0 radical (unpaired) electrons. The van der Waals surface area contributed by atoms with E-state index in [9.17, 15) is 10.2 Å². The smallest absolute Gasteiger partial charge is 0.0687 e. The molecule has 1 unspecified atom stereocenters. The molecule has 0 aliphatic rings. The van der Waals surface area contributed by atoms with E-state index in [1.165, 1.54) is 0 Å². The Morgan fingerprint density at radius 1 is 1.00 bits per heavy atom. The summed E-state index contributed by atoms with van der Waals surface area (Å²) in [5.74, 6) is 0. The molecule has 1 aromatic carbocycles. The minimum atomic E-state index is -0.862. The summed E-state index contributed by atoms with van der Waals surface area (Å²) >= 11 is 0. The number of aliphatic hydroxyl groups is 2. The van der Waals surface area contributed by atoms with Crippen LogP contribution in [0.1, 0.15) is 32.8 Å². The van der Waals surface area contributed by atoms with Crippen LogP contribution in [-0.4, -0.2) is 21.4 Å². The molecule has 0 amide bonds. The van der Waals surface area contributed by atoms with Crippen LogP contribution in [0.5, 0.6) is 0 Å². The van der Waals surface area contributed by atoms with Gasteiger partial charge in [0, 0.05) is 12.8 Å². The lowest BCUT2D eigenvalue weighted by Crippen LogP contribution is -2.37. The van der Waals surface area contributed by atoms with Crippen molar-refractivity contribution in [3.63, 3.8) is 0 Å². The first kappa shape index (κ1) is 12.2. The van der Waals surface area contributed by atoms with Gasteiger partial charge in [-0.1, -0.05) is 30.3 Å². The maximum absolute atomic E-state index is 10.1. The summed E-state index contributed by atoms with van der Waals surface area (Å²) in [5, 5.41) is 19.8. The van der Waals surface area contributed by atoms with Crippen molar-refractivity contribution in [2.24, 2.45) is 0 Å². The first-order valence-corrected chi connectivity index (χ1v) is 5.27. The minimum absolute atomic E-state index is 0.370. The van der Waals surface area contributed by atoms with Crippen molar-refractivity contribution in [2.75, 3.05) is 0 Å². The predicted molar refractivity (Wildman–Crippen MR) is 61.7 cm³/mol. The fraction of sp³-hybridized carbons (Fsp3) is 0.538. The van der Waals surface area contributed by atoms with Gasteiger partial charge < -0.3 is 10.2 Å². The summed E-state index contributed by atoms with van der Waals surface area (Å²) in [6.07, 6.45) is 0.937. The van der Waals surface area contributed by atoms with E-state index in [2.05, 4.69) is 0 Å². The molecule has 0 saturated heterocycles. The molecule has 0 fully saturated rings. The predicted octanol–water partition coefficient (Wildman–Crippen LogP) is 2.14. The van der Waals surface area contributed by atoms with E-state index in [-0.39, 0.29) is 0 Å². The van der Waals surface area contributed by atoms with Crippen LogP contribution in [-0.2, 0) is 6.42 Å². The molecule has 1 aromatic rings. The highest BCUT2D eigenvalue weighted by Crippen LogP contribution is 2.23. The highest BCUT2D eigenvalue weighted by molar-refractivity contribution is 5.16. The molecule has 0 bridgehead atoms. The van der Waals surface area contributed by atoms with Gasteiger partial charge in [0.05, 0.1) is 11.2 Å². The average Bonchev–Trinajstić information content (AvgIpc) is 1.99. The van der Waals surface area contributed by atoms with Crippen LogP contribution in [0.4, 0.5) is 0 Å². The van der Waals surface area contributed by atoms with Crippen LogP contribution in [0.25, 0.3) is 0 Å². The number of rotatable bonds is 4. The van der Waals surface area contributed by atoms with Crippen LogP contribution >= 0.6 is 0 Å². The Hall–Kier alpha value is -0.860. The zero-order valence-electron chi connectivity index (χ0n) is 9.70. The van der Waals surface area contributed by atoms with Gasteiger partial charge in [-0.25, -0.2) is 0 Å². The Bertz CT molecular complexity index is 296. The van der Waals surface area contributed by atoms with Crippen molar-refractivity contribution in [1.29, 1.82) is 0 Å². The fourth-order valence-electron chi connectivity index (χ4n) is 2.03. The van der Waals surface area contributed by atoms with Crippen molar-refractivity contribution >= 4 is 0 Å². The topological polar surface area (TPSA) is 40.5 Å². The summed E-state index contributed by atoms with van der Waals surface area (Å²) in [4.78, 5) is 0. The van der Waals surface area contributed by atoms with Crippen LogP contribution in [0.2, 0.25) is 0 Å². The second kappa shape index (κ2) is 4.33. The Labute approximate surface area is 91.6 Å². The monoisotopic (exact) mass is 208 g/mol. The maximum Gasteiger partial charge on any atom is 0.0687 e. The third-order valence-electron chi connectivity index (χ3n) is 2.24. The summed E-state index contributed by atoms with van der Waals surface area (Å²) in [7, 11) is 0. The van der Waals surface area contributed by atoms with E-state index in [0.29, 0.717) is 12.8 Å². The molecule has 1 atom stereocenters. The van der Waals surface area contributed by atoms with E-state index in [4.69, 9.17) is 0 Å². The van der Waals surface area contributed by atoms with Crippen molar-refractivity contribution in [3.8, 4) is 0 Å². The SMILES string of the molecule is CC(C)(O)CC(C)(O)Cc1ccccc1. The van der Waals surface area contributed by atoms with E-state index < -0.39 is 11.2 Å². The quantitative estimate of drug-likeness (QED) is 0.796. The van der Waals surface area contributed by atoms with Gasteiger partial charge in [0.2, 0.25) is 0 Å². The fourth-order valence-corrected chi connectivity index (χ4v) is 2.03. The van der Waals surface area contributed by atoms with Crippen LogP contribution < -0.4 is 0 Å². The standard InChI is InChI=1S/C13H20O2/c1-12(2,14)10-13(3,15)9-11-7-5-4-6-8-11/h4-8,14-15H,9-10H2,1-3H3. The van der Waals surface area contributed by atoms with E-state index in [1.54, 1.807) is 20.8 Å². The van der Waals surface area contributed by atoms with Gasteiger partial charge in [-0.15, -0.1) is 0 Å². The Morgan fingerprint density at radius 3 is 2.00 bits per heavy atom. The molecule has 84 valence electrons. The van der Waals surface area contributed by atoms with E-state index in [1.807, 2.05) is 30.3 Å². The second-order valence-electron chi connectivity index (χ2n) is 5.15. The molecule has 15 heavy (non-hydrogen) atoms. The third kappa shape index (κ3) is 4.96. The summed E-state index contributed by atoms with van der Waals surface area (Å²) in [5.41, 5.74) is -0.607. The Balaban J connectivity index is 2.65. The number of hydrogen-bond donors (Lipinski definition) is 2. The van der Waals surface area contributed by atoms with Crippen LogP contribution in [0.15, 0.2) is 30.3 Å². The summed E-state index contributed by atoms with van der Waals surface area (Å²) in [6, 6.07) is 9.83. The van der Waals surface area contributed by atoms with Gasteiger partial charge >= 0.3 is 0 Å². The molecule has 0 spiro atoms. The molecule has 0 heterocycles. The zero-order chi connectivity index (χ0) is 11.5. The van der Waals surface area contributed by atoms with E-state index in [0.717, 1.165) is 5.56 Å². The number of benzene rings is 1. The zero-order valence-corrected chi connectivity index (χ0v) is 9.70. The van der Waals surface area contributed by atoms with Crippen LogP contribution in [0.3, 0.4) is 0 Å². The van der Waals surface area contributed by atoms with Gasteiger partial charge in [0.25, 0.3) is 0 Å². The molecular formula is C13H20O2. The lowest BCUT2D eigenvalue weighted by molar-refractivity contribution is -0.0348. The molecule has 1 rings (SSSR count). The first-order chi connectivity index (χ1) is 6.79. The molecule has 2 heteroatoms. The second-order valence-corrected chi connectivity index (χ2v) is 5.15. The maximum atomic E-state index is 10.1. The van der Waals surface area contributed by atoms with Crippen molar-refractivity contribution in [2.45, 2.75) is 44.8 Å². The van der Waals surface area contributed by atoms with Gasteiger partial charge in [0.1, 0.15) is 0 Å². The van der Waals surface area contributed by atoms with Crippen LogP contribution in [0, 0.1) is 0 Å². The lowest BCUT2D eigenvalue weighted by atomic mass is 9.86. The Morgan fingerprint density at radius 2 is 1.53 bits per heavy atom. The highest BCUT2D eigenvalue weighted by Gasteiger charge is 2.28. The highest BCUT2D eigenvalue weighted by atomic mass is 16.3. The van der Waals surface area contributed by atoms with Gasteiger partial charge in [-0.2, -0.15) is 0 Å². The molecule has 0 aliphatic carbocycles. The number of hydrogen-bond acceptors (Lipinski definition) is 2. The molecule has 2 N–H and O–H groups in total. The van der Waals surface area contributed by atoms with Crippen molar-refractivity contribution in [1.82, 2.24) is 0 Å². The average molecular weight is 208 g/mol. The summed E-state index contributed by atoms with van der Waals surface area (Å²) in [6.45, 7) is 5.19.